The third kappa shape index (κ3) is 3.11. The van der Waals surface area contributed by atoms with E-state index in [4.69, 9.17) is 12.2 Å². The number of hydrogen-bond donors (Lipinski definition) is 0. The average molecular weight is 319 g/mol. The molecule has 2 aliphatic rings. The maximum atomic E-state index is 11.6. The smallest absolute Gasteiger partial charge is 0.259 e. The third-order valence-electron chi connectivity index (χ3n) is 3.77. The Hall–Kier alpha value is -1.40. The quantitative estimate of drug-likeness (QED) is 0.634. The molecule has 110 valence electrons. The summed E-state index contributed by atoms with van der Waals surface area (Å²) in [6.45, 7) is 4.35. The van der Waals surface area contributed by atoms with E-state index in [1.54, 1.807) is 6.21 Å². The Morgan fingerprint density at radius 3 is 2.71 bits per heavy atom. The average Bonchev–Trinajstić information content (AvgIpc) is 3.10. The Labute approximate surface area is 134 Å². The van der Waals surface area contributed by atoms with Crippen molar-refractivity contribution in [3.05, 3.63) is 29.3 Å². The van der Waals surface area contributed by atoms with Crippen molar-refractivity contribution in [1.29, 1.82) is 0 Å². The van der Waals surface area contributed by atoms with Crippen LogP contribution in [0.4, 0.5) is 5.69 Å². The summed E-state index contributed by atoms with van der Waals surface area (Å²) in [5, 5.41) is 5.54. The summed E-state index contributed by atoms with van der Waals surface area (Å²) in [4.78, 5) is 14.0. The zero-order valence-electron chi connectivity index (χ0n) is 11.9. The van der Waals surface area contributed by atoms with Crippen LogP contribution in [0.5, 0.6) is 0 Å². The van der Waals surface area contributed by atoms with Gasteiger partial charge in [-0.05, 0) is 43.0 Å². The van der Waals surface area contributed by atoms with Gasteiger partial charge in [0, 0.05) is 18.8 Å². The summed E-state index contributed by atoms with van der Waals surface area (Å²) in [6, 6.07) is 6.37. The number of thioether (sulfide) groups is 1. The second-order valence-corrected chi connectivity index (χ2v) is 6.85. The summed E-state index contributed by atoms with van der Waals surface area (Å²) in [7, 11) is 0. The molecular formula is C15H17N3OS2. The first-order valence-corrected chi connectivity index (χ1v) is 8.44. The normalized spacial score (nSPS) is 19.3. The van der Waals surface area contributed by atoms with Gasteiger partial charge in [0.25, 0.3) is 5.91 Å². The van der Waals surface area contributed by atoms with Gasteiger partial charge in [-0.3, -0.25) is 4.79 Å². The van der Waals surface area contributed by atoms with Crippen molar-refractivity contribution in [2.75, 3.05) is 23.7 Å². The number of carbonyl (C=O) groups excluding carboxylic acids is 1. The summed E-state index contributed by atoms with van der Waals surface area (Å²) >= 11 is 6.47. The highest BCUT2D eigenvalue weighted by Gasteiger charge is 2.26. The van der Waals surface area contributed by atoms with Gasteiger partial charge < -0.3 is 4.90 Å². The molecule has 2 heterocycles. The van der Waals surface area contributed by atoms with Crippen LogP contribution < -0.4 is 4.90 Å². The lowest BCUT2D eigenvalue weighted by atomic mass is 10.1. The Balaban J connectivity index is 1.76. The van der Waals surface area contributed by atoms with Crippen LogP contribution in [0.3, 0.4) is 0 Å². The fourth-order valence-electron chi connectivity index (χ4n) is 2.56. The highest BCUT2D eigenvalue weighted by Crippen LogP contribution is 2.23. The van der Waals surface area contributed by atoms with Crippen molar-refractivity contribution in [1.82, 2.24) is 5.01 Å². The first-order chi connectivity index (χ1) is 10.1. The fraction of sp³-hybridized carbons (Fsp3) is 0.400. The Morgan fingerprint density at radius 1 is 1.33 bits per heavy atom. The van der Waals surface area contributed by atoms with E-state index in [0.717, 1.165) is 24.2 Å². The van der Waals surface area contributed by atoms with Gasteiger partial charge in [-0.1, -0.05) is 30.0 Å². The molecule has 0 saturated carbocycles. The van der Waals surface area contributed by atoms with E-state index in [0.29, 0.717) is 10.1 Å². The molecule has 0 bridgehead atoms. The monoisotopic (exact) mass is 319 g/mol. The second-order valence-electron chi connectivity index (χ2n) is 5.24. The highest BCUT2D eigenvalue weighted by atomic mass is 32.2. The largest absolute Gasteiger partial charge is 0.372 e. The van der Waals surface area contributed by atoms with Crippen molar-refractivity contribution >= 4 is 46.1 Å². The van der Waals surface area contributed by atoms with Crippen LogP contribution in [0, 0.1) is 6.92 Å². The molecule has 6 heteroatoms. The number of benzene rings is 1. The van der Waals surface area contributed by atoms with Gasteiger partial charge in [-0.15, -0.1) is 0 Å². The van der Waals surface area contributed by atoms with Crippen molar-refractivity contribution in [3.63, 3.8) is 0 Å². The van der Waals surface area contributed by atoms with Crippen LogP contribution in [0.15, 0.2) is 23.3 Å². The van der Waals surface area contributed by atoms with Crippen molar-refractivity contribution in [2.45, 2.75) is 19.8 Å². The Morgan fingerprint density at radius 2 is 2.10 bits per heavy atom. The number of hydrogen-bond acceptors (Lipinski definition) is 5. The third-order valence-corrected chi connectivity index (χ3v) is 5.10. The number of hydrazone groups is 1. The zero-order chi connectivity index (χ0) is 14.8. The minimum absolute atomic E-state index is 0.0485. The fourth-order valence-corrected chi connectivity index (χ4v) is 3.52. The van der Waals surface area contributed by atoms with E-state index in [9.17, 15) is 4.79 Å². The standard InChI is InChI=1S/C15H17N3OS2/c1-11-8-13(17-6-2-3-7-17)5-4-12(11)9-16-18-14(19)10-21-15(18)20/h4-5,8-9H,2-3,6-7,10H2,1H3/b16-9+. The molecule has 1 amide bonds. The number of thiocarbonyl (C=S) groups is 1. The predicted octanol–water partition coefficient (Wildman–Crippen LogP) is 2.79. The Kier molecular flexibility index (Phi) is 4.26. The van der Waals surface area contributed by atoms with Crippen molar-refractivity contribution in [3.8, 4) is 0 Å². The van der Waals surface area contributed by atoms with Crippen molar-refractivity contribution in [2.24, 2.45) is 5.10 Å². The van der Waals surface area contributed by atoms with Crippen LogP contribution in [0.2, 0.25) is 0 Å². The summed E-state index contributed by atoms with van der Waals surface area (Å²) < 4.78 is 0.530. The molecule has 0 aliphatic carbocycles. The van der Waals surface area contributed by atoms with Crippen LogP contribution in [-0.2, 0) is 4.79 Å². The van der Waals surface area contributed by atoms with Gasteiger partial charge in [-0.25, -0.2) is 0 Å². The molecule has 3 rings (SSSR count). The number of nitrogens with zero attached hydrogens (tertiary/aromatic N) is 3. The van der Waals surface area contributed by atoms with E-state index in [-0.39, 0.29) is 5.91 Å². The number of rotatable bonds is 3. The lowest BCUT2D eigenvalue weighted by molar-refractivity contribution is -0.123. The van der Waals surface area contributed by atoms with E-state index < -0.39 is 0 Å². The first kappa shape index (κ1) is 14.5. The number of carbonyl (C=O) groups is 1. The number of aryl methyl sites for hydroxylation is 1. The maximum Gasteiger partial charge on any atom is 0.259 e. The molecule has 21 heavy (non-hydrogen) atoms. The molecular weight excluding hydrogens is 302 g/mol. The van der Waals surface area contributed by atoms with E-state index >= 15 is 0 Å². The molecule has 4 nitrogen and oxygen atoms in total. The van der Waals surface area contributed by atoms with Gasteiger partial charge in [0.2, 0.25) is 0 Å². The molecule has 2 saturated heterocycles. The lowest BCUT2D eigenvalue weighted by Gasteiger charge is -2.18. The van der Waals surface area contributed by atoms with Gasteiger partial charge in [0.05, 0.1) is 12.0 Å². The first-order valence-electron chi connectivity index (χ1n) is 7.04. The van der Waals surface area contributed by atoms with Gasteiger partial charge in [-0.2, -0.15) is 10.1 Å². The molecule has 0 radical (unpaired) electrons. The molecule has 0 spiro atoms. The minimum Gasteiger partial charge on any atom is -0.372 e. The minimum atomic E-state index is -0.0485. The summed E-state index contributed by atoms with van der Waals surface area (Å²) in [5.41, 5.74) is 3.45. The van der Waals surface area contributed by atoms with E-state index in [2.05, 4.69) is 35.1 Å². The molecule has 1 aromatic carbocycles. The molecule has 2 aliphatic heterocycles. The summed E-state index contributed by atoms with van der Waals surface area (Å²) in [5.74, 6) is 0.343. The molecule has 1 aromatic rings. The van der Waals surface area contributed by atoms with E-state index in [1.807, 2.05) is 0 Å². The highest BCUT2D eigenvalue weighted by molar-refractivity contribution is 8.23. The SMILES string of the molecule is Cc1cc(N2CCCC2)ccc1/C=N/N1C(=O)CSC1=S. The topological polar surface area (TPSA) is 35.9 Å². The Bertz CT molecular complexity index is 593. The van der Waals surface area contributed by atoms with Gasteiger partial charge >= 0.3 is 0 Å². The zero-order valence-corrected chi connectivity index (χ0v) is 13.5. The van der Waals surface area contributed by atoms with Gasteiger partial charge in [0.15, 0.2) is 4.32 Å². The van der Waals surface area contributed by atoms with Crippen LogP contribution in [0.25, 0.3) is 0 Å². The molecule has 0 unspecified atom stereocenters. The number of anilines is 1. The molecule has 2 fully saturated rings. The lowest BCUT2D eigenvalue weighted by Crippen LogP contribution is -2.22. The maximum absolute atomic E-state index is 11.6. The molecule has 0 atom stereocenters. The van der Waals surface area contributed by atoms with Crippen LogP contribution in [0.1, 0.15) is 24.0 Å². The number of amides is 1. The molecule has 0 N–H and O–H groups in total. The predicted molar refractivity (Wildman–Crippen MR) is 92.1 cm³/mol. The van der Waals surface area contributed by atoms with Crippen molar-refractivity contribution < 1.29 is 4.79 Å². The van der Waals surface area contributed by atoms with E-state index in [1.165, 1.54) is 35.3 Å². The molecule has 0 aromatic heterocycles. The second kappa shape index (κ2) is 6.15. The summed E-state index contributed by atoms with van der Waals surface area (Å²) in [6.07, 6.45) is 4.27. The van der Waals surface area contributed by atoms with Crippen LogP contribution >= 0.6 is 24.0 Å². The van der Waals surface area contributed by atoms with Gasteiger partial charge in [0.1, 0.15) is 0 Å². The van der Waals surface area contributed by atoms with Crippen LogP contribution in [-0.4, -0.2) is 40.3 Å².